The standard InChI is InChI=1S/C17H18ClNO4/c1-19(17(21)14-8-12(18)5-7-15(14)20)10-11-4-6-13(22-2)9-16(11)23-3/h4-9,20H,10H2,1-3H3. The van der Waals surface area contributed by atoms with Crippen LogP contribution in [0, 0.1) is 0 Å². The highest BCUT2D eigenvalue weighted by Gasteiger charge is 2.18. The molecule has 1 N–H and O–H groups in total. The fourth-order valence-electron chi connectivity index (χ4n) is 2.19. The third kappa shape index (κ3) is 3.87. The van der Waals surface area contributed by atoms with Crippen molar-refractivity contribution in [1.82, 2.24) is 4.90 Å². The van der Waals surface area contributed by atoms with E-state index >= 15 is 0 Å². The number of carbonyl (C=O) groups is 1. The molecule has 0 saturated carbocycles. The van der Waals surface area contributed by atoms with E-state index < -0.39 is 0 Å². The summed E-state index contributed by atoms with van der Waals surface area (Å²) in [6, 6.07) is 9.76. The Morgan fingerprint density at radius 3 is 2.57 bits per heavy atom. The van der Waals surface area contributed by atoms with E-state index in [9.17, 15) is 9.90 Å². The average Bonchev–Trinajstić information content (AvgIpc) is 2.56. The number of nitrogens with zero attached hydrogens (tertiary/aromatic N) is 1. The smallest absolute Gasteiger partial charge is 0.257 e. The van der Waals surface area contributed by atoms with Gasteiger partial charge in [-0.3, -0.25) is 4.79 Å². The van der Waals surface area contributed by atoms with Crippen LogP contribution in [-0.2, 0) is 6.54 Å². The van der Waals surface area contributed by atoms with Gasteiger partial charge >= 0.3 is 0 Å². The van der Waals surface area contributed by atoms with Crippen molar-refractivity contribution < 1.29 is 19.4 Å². The number of phenolic OH excluding ortho intramolecular Hbond substituents is 1. The van der Waals surface area contributed by atoms with Gasteiger partial charge < -0.3 is 19.5 Å². The molecule has 0 spiro atoms. The fraction of sp³-hybridized carbons (Fsp3) is 0.235. The van der Waals surface area contributed by atoms with Gasteiger partial charge in [0.2, 0.25) is 0 Å². The van der Waals surface area contributed by atoms with Crippen molar-refractivity contribution in [3.8, 4) is 17.2 Å². The summed E-state index contributed by atoms with van der Waals surface area (Å²) in [6.45, 7) is 0.317. The molecule has 0 unspecified atom stereocenters. The second-order valence-electron chi connectivity index (χ2n) is 5.00. The first-order valence-corrected chi connectivity index (χ1v) is 7.29. The molecule has 0 fully saturated rings. The Morgan fingerprint density at radius 1 is 1.17 bits per heavy atom. The molecule has 0 aliphatic carbocycles. The SMILES string of the molecule is COc1ccc(CN(C)C(=O)c2cc(Cl)ccc2O)c(OC)c1. The number of rotatable bonds is 5. The number of hydrogen-bond donors (Lipinski definition) is 1. The summed E-state index contributed by atoms with van der Waals surface area (Å²) in [5, 5.41) is 10.2. The van der Waals surface area contributed by atoms with Crippen LogP contribution in [0.15, 0.2) is 36.4 Å². The second kappa shape index (κ2) is 7.24. The molecule has 0 aliphatic heterocycles. The Kier molecular flexibility index (Phi) is 5.34. The molecule has 6 heteroatoms. The average molecular weight is 336 g/mol. The number of benzene rings is 2. The van der Waals surface area contributed by atoms with Crippen LogP contribution in [0.3, 0.4) is 0 Å². The van der Waals surface area contributed by atoms with E-state index in [4.69, 9.17) is 21.1 Å². The Bertz CT molecular complexity index is 718. The number of methoxy groups -OCH3 is 2. The van der Waals surface area contributed by atoms with E-state index in [1.165, 1.54) is 23.1 Å². The highest BCUT2D eigenvalue weighted by molar-refractivity contribution is 6.31. The lowest BCUT2D eigenvalue weighted by Crippen LogP contribution is -2.26. The van der Waals surface area contributed by atoms with Gasteiger partial charge in [-0.15, -0.1) is 0 Å². The summed E-state index contributed by atoms with van der Waals surface area (Å²) in [5.41, 5.74) is 0.984. The van der Waals surface area contributed by atoms with Crippen LogP contribution >= 0.6 is 11.6 Å². The Hall–Kier alpha value is -2.40. The van der Waals surface area contributed by atoms with Gasteiger partial charge in [0, 0.05) is 30.2 Å². The first kappa shape index (κ1) is 17.0. The number of hydrogen-bond acceptors (Lipinski definition) is 4. The Balaban J connectivity index is 2.23. The van der Waals surface area contributed by atoms with Gasteiger partial charge in [0.1, 0.15) is 17.2 Å². The number of ether oxygens (including phenoxy) is 2. The van der Waals surface area contributed by atoms with Gasteiger partial charge in [-0.25, -0.2) is 0 Å². The summed E-state index contributed by atoms with van der Waals surface area (Å²) >= 11 is 5.89. The molecule has 2 aromatic rings. The topological polar surface area (TPSA) is 59.0 Å². The Labute approximate surface area is 140 Å². The number of aromatic hydroxyl groups is 1. The third-order valence-corrected chi connectivity index (χ3v) is 3.67. The number of amides is 1. The van der Waals surface area contributed by atoms with Crippen molar-refractivity contribution in [3.05, 3.63) is 52.5 Å². The number of phenols is 1. The van der Waals surface area contributed by atoms with Crippen molar-refractivity contribution in [3.63, 3.8) is 0 Å². The van der Waals surface area contributed by atoms with Crippen LogP contribution in [0.4, 0.5) is 0 Å². The number of carbonyl (C=O) groups excluding carboxylic acids is 1. The van der Waals surface area contributed by atoms with Crippen LogP contribution < -0.4 is 9.47 Å². The van der Waals surface area contributed by atoms with Crippen LogP contribution in [0.5, 0.6) is 17.2 Å². The lowest BCUT2D eigenvalue weighted by atomic mass is 10.1. The molecule has 2 rings (SSSR count). The quantitative estimate of drug-likeness (QED) is 0.910. The molecular weight excluding hydrogens is 318 g/mol. The predicted octanol–water partition coefficient (Wildman–Crippen LogP) is 3.34. The van der Waals surface area contributed by atoms with Crippen molar-refractivity contribution in [1.29, 1.82) is 0 Å². The zero-order valence-electron chi connectivity index (χ0n) is 13.2. The first-order chi connectivity index (χ1) is 11.0. The van der Waals surface area contributed by atoms with Crippen molar-refractivity contribution >= 4 is 17.5 Å². The molecule has 0 radical (unpaired) electrons. The van der Waals surface area contributed by atoms with Gasteiger partial charge in [0.25, 0.3) is 5.91 Å². The molecule has 23 heavy (non-hydrogen) atoms. The molecule has 1 amide bonds. The maximum absolute atomic E-state index is 12.5. The van der Waals surface area contributed by atoms with Crippen LogP contribution in [0.25, 0.3) is 0 Å². The molecule has 0 atom stereocenters. The molecule has 0 saturated heterocycles. The van der Waals surface area contributed by atoms with Crippen LogP contribution in [0.1, 0.15) is 15.9 Å². The summed E-state index contributed by atoms with van der Waals surface area (Å²) in [4.78, 5) is 14.0. The lowest BCUT2D eigenvalue weighted by molar-refractivity contribution is 0.0781. The van der Waals surface area contributed by atoms with Crippen molar-refractivity contribution in [2.24, 2.45) is 0 Å². The minimum Gasteiger partial charge on any atom is -0.507 e. The first-order valence-electron chi connectivity index (χ1n) is 6.91. The number of halogens is 1. The van der Waals surface area contributed by atoms with Gasteiger partial charge in [0.15, 0.2) is 0 Å². The van der Waals surface area contributed by atoms with Gasteiger partial charge in [-0.05, 0) is 30.3 Å². The second-order valence-corrected chi connectivity index (χ2v) is 5.44. The largest absolute Gasteiger partial charge is 0.507 e. The Morgan fingerprint density at radius 2 is 1.91 bits per heavy atom. The molecule has 0 aliphatic rings. The van der Waals surface area contributed by atoms with E-state index in [2.05, 4.69) is 0 Å². The molecule has 0 heterocycles. The van der Waals surface area contributed by atoms with E-state index in [0.29, 0.717) is 23.1 Å². The van der Waals surface area contributed by atoms with Gasteiger partial charge in [-0.2, -0.15) is 0 Å². The zero-order valence-corrected chi connectivity index (χ0v) is 13.9. The van der Waals surface area contributed by atoms with Crippen LogP contribution in [0.2, 0.25) is 5.02 Å². The van der Waals surface area contributed by atoms with Gasteiger partial charge in [-0.1, -0.05) is 11.6 Å². The molecule has 5 nitrogen and oxygen atoms in total. The summed E-state index contributed by atoms with van der Waals surface area (Å²) in [7, 11) is 4.78. The van der Waals surface area contributed by atoms with E-state index in [0.717, 1.165) is 5.56 Å². The molecule has 122 valence electrons. The van der Waals surface area contributed by atoms with E-state index in [-0.39, 0.29) is 17.2 Å². The molecular formula is C17H18ClNO4. The van der Waals surface area contributed by atoms with Crippen molar-refractivity contribution in [2.45, 2.75) is 6.54 Å². The maximum atomic E-state index is 12.5. The molecule has 0 bridgehead atoms. The molecule has 0 aromatic heterocycles. The van der Waals surface area contributed by atoms with E-state index in [1.54, 1.807) is 33.4 Å². The minimum absolute atomic E-state index is 0.104. The normalized spacial score (nSPS) is 10.3. The van der Waals surface area contributed by atoms with Gasteiger partial charge in [0.05, 0.1) is 19.8 Å². The third-order valence-electron chi connectivity index (χ3n) is 3.44. The summed E-state index contributed by atoms with van der Waals surface area (Å²) < 4.78 is 10.5. The summed E-state index contributed by atoms with van der Waals surface area (Å²) in [5.74, 6) is 0.863. The zero-order chi connectivity index (χ0) is 17.0. The highest BCUT2D eigenvalue weighted by Crippen LogP contribution is 2.27. The summed E-state index contributed by atoms with van der Waals surface area (Å²) in [6.07, 6.45) is 0. The van der Waals surface area contributed by atoms with Crippen molar-refractivity contribution in [2.75, 3.05) is 21.3 Å². The maximum Gasteiger partial charge on any atom is 0.257 e. The monoisotopic (exact) mass is 335 g/mol. The lowest BCUT2D eigenvalue weighted by Gasteiger charge is -2.20. The predicted molar refractivity (Wildman–Crippen MR) is 88.5 cm³/mol. The minimum atomic E-state index is -0.331. The fourth-order valence-corrected chi connectivity index (χ4v) is 2.37. The molecule has 2 aromatic carbocycles. The highest BCUT2D eigenvalue weighted by atomic mass is 35.5. The van der Waals surface area contributed by atoms with Crippen LogP contribution in [-0.4, -0.2) is 37.2 Å². The van der Waals surface area contributed by atoms with E-state index in [1.807, 2.05) is 6.07 Å².